The fourth-order valence-corrected chi connectivity index (χ4v) is 5.07. The number of fused-ring (bicyclic) bond motifs is 1. The molecule has 0 fully saturated rings. The maximum atomic E-state index is 12.4. The monoisotopic (exact) mass is 523 g/mol. The predicted octanol–water partition coefficient (Wildman–Crippen LogP) is 8.18. The minimum absolute atomic E-state index is 0.229. The molecule has 5 rings (SSSR count). The molecule has 3 heterocycles. The molecule has 0 saturated heterocycles. The van der Waals surface area contributed by atoms with Gasteiger partial charge in [-0.25, -0.2) is 9.97 Å². The van der Waals surface area contributed by atoms with Crippen LogP contribution in [-0.4, -0.2) is 22.9 Å². The molecule has 0 aliphatic rings. The fourth-order valence-electron chi connectivity index (χ4n) is 4.19. The first kappa shape index (κ1) is 24.8. The van der Waals surface area contributed by atoms with Crippen LogP contribution in [-0.2, 0) is 6.42 Å². The third-order valence-electron chi connectivity index (χ3n) is 5.97. The maximum absolute atomic E-state index is 12.4. The van der Waals surface area contributed by atoms with Crippen LogP contribution in [0.25, 0.3) is 32.7 Å². The summed E-state index contributed by atoms with van der Waals surface area (Å²) in [6, 6.07) is 16.0. The highest BCUT2D eigenvalue weighted by molar-refractivity contribution is 7.18. The van der Waals surface area contributed by atoms with Gasteiger partial charge in [0, 0.05) is 11.4 Å². The second-order valence-electron chi connectivity index (χ2n) is 8.73. The Morgan fingerprint density at radius 2 is 1.73 bits per heavy atom. The van der Waals surface area contributed by atoms with Crippen molar-refractivity contribution in [3.05, 3.63) is 83.1 Å². The van der Waals surface area contributed by atoms with Crippen LogP contribution in [0, 0.1) is 13.8 Å². The number of hydrogen-bond donors (Lipinski definition) is 1. The number of nitrogens with one attached hydrogen (secondary N) is 1. The average molecular weight is 524 g/mol. The van der Waals surface area contributed by atoms with Crippen LogP contribution in [0.5, 0.6) is 5.75 Å². The van der Waals surface area contributed by atoms with Gasteiger partial charge < -0.3 is 14.5 Å². The molecule has 2 aromatic carbocycles. The Bertz CT molecular complexity index is 1510. The minimum Gasteiger partial charge on any atom is -0.472 e. The van der Waals surface area contributed by atoms with Gasteiger partial charge in [0.25, 0.3) is 0 Å². The van der Waals surface area contributed by atoms with Gasteiger partial charge in [-0.1, -0.05) is 30.3 Å². The number of hydrogen-bond acceptors (Lipinski definition) is 6. The van der Waals surface area contributed by atoms with Crippen molar-refractivity contribution in [2.75, 3.05) is 11.9 Å². The number of alkyl halides is 3. The number of aryl methyl sites for hydroxylation is 3. The van der Waals surface area contributed by atoms with Crippen molar-refractivity contribution in [3.8, 4) is 28.3 Å². The Morgan fingerprint density at radius 3 is 2.43 bits per heavy atom. The fraction of sp³-hybridized carbons (Fsp3) is 0.214. The van der Waals surface area contributed by atoms with E-state index in [1.54, 1.807) is 36.0 Å². The van der Waals surface area contributed by atoms with Gasteiger partial charge in [0.2, 0.25) is 0 Å². The number of rotatable bonds is 8. The Hall–Kier alpha value is -3.85. The highest BCUT2D eigenvalue weighted by Crippen LogP contribution is 2.32. The molecule has 37 heavy (non-hydrogen) atoms. The minimum atomic E-state index is -4.70. The van der Waals surface area contributed by atoms with Gasteiger partial charge in [0.15, 0.2) is 5.82 Å². The summed E-state index contributed by atoms with van der Waals surface area (Å²) >= 11 is 1.64. The average Bonchev–Trinajstić information content (AvgIpc) is 3.51. The Balaban J connectivity index is 1.23. The quantitative estimate of drug-likeness (QED) is 0.208. The molecule has 0 amide bonds. The molecule has 5 nitrogen and oxygen atoms in total. The van der Waals surface area contributed by atoms with E-state index < -0.39 is 6.36 Å². The molecule has 0 aliphatic carbocycles. The van der Waals surface area contributed by atoms with Crippen molar-refractivity contribution in [1.82, 2.24) is 9.97 Å². The summed E-state index contributed by atoms with van der Waals surface area (Å²) in [7, 11) is 0. The molecule has 9 heteroatoms. The number of furan rings is 1. The van der Waals surface area contributed by atoms with Crippen LogP contribution < -0.4 is 10.1 Å². The summed E-state index contributed by atoms with van der Waals surface area (Å²) in [6.07, 6.45) is 0.338. The number of benzene rings is 2. The lowest BCUT2D eigenvalue weighted by Gasteiger charge is -2.12. The van der Waals surface area contributed by atoms with E-state index in [0.29, 0.717) is 5.82 Å². The van der Waals surface area contributed by atoms with Crippen molar-refractivity contribution in [2.45, 2.75) is 33.1 Å². The van der Waals surface area contributed by atoms with Gasteiger partial charge >= 0.3 is 6.36 Å². The van der Waals surface area contributed by atoms with E-state index in [4.69, 9.17) is 14.4 Å². The van der Waals surface area contributed by atoms with Gasteiger partial charge in [-0.05, 0) is 73.2 Å². The van der Waals surface area contributed by atoms with Gasteiger partial charge in [0.05, 0.1) is 17.2 Å². The zero-order chi connectivity index (χ0) is 26.0. The normalized spacial score (nSPS) is 11.7. The zero-order valence-electron chi connectivity index (χ0n) is 20.2. The number of halogens is 3. The number of ether oxygens (including phenoxy) is 1. The highest BCUT2D eigenvalue weighted by atomic mass is 32.1. The molecule has 5 aromatic rings. The predicted molar refractivity (Wildman–Crippen MR) is 140 cm³/mol. The Kier molecular flexibility index (Phi) is 6.88. The lowest BCUT2D eigenvalue weighted by molar-refractivity contribution is -0.274. The van der Waals surface area contributed by atoms with Crippen molar-refractivity contribution in [3.63, 3.8) is 0 Å². The molecule has 0 saturated carbocycles. The maximum Gasteiger partial charge on any atom is 0.573 e. The molecule has 0 atom stereocenters. The van der Waals surface area contributed by atoms with Crippen molar-refractivity contribution >= 4 is 27.4 Å². The first-order valence-corrected chi connectivity index (χ1v) is 12.6. The summed E-state index contributed by atoms with van der Waals surface area (Å²) < 4.78 is 46.3. The molecule has 0 spiro atoms. The lowest BCUT2D eigenvalue weighted by Crippen LogP contribution is -2.16. The molecule has 0 bridgehead atoms. The lowest BCUT2D eigenvalue weighted by atomic mass is 9.97. The van der Waals surface area contributed by atoms with Crippen molar-refractivity contribution < 1.29 is 22.3 Å². The van der Waals surface area contributed by atoms with Gasteiger partial charge in [-0.2, -0.15) is 0 Å². The number of thiophene rings is 1. The molecular weight excluding hydrogens is 499 g/mol. The smallest absolute Gasteiger partial charge is 0.472 e. The summed E-state index contributed by atoms with van der Waals surface area (Å²) in [5.41, 5.74) is 4.97. The van der Waals surface area contributed by atoms with E-state index in [-0.39, 0.29) is 5.75 Å². The summed E-state index contributed by atoms with van der Waals surface area (Å²) in [4.78, 5) is 11.5. The van der Waals surface area contributed by atoms with Crippen molar-refractivity contribution in [1.29, 1.82) is 0 Å². The summed E-state index contributed by atoms with van der Waals surface area (Å²) in [5, 5.41) is 4.50. The number of nitrogens with zero attached hydrogens (tertiary/aromatic N) is 2. The second kappa shape index (κ2) is 10.3. The third kappa shape index (κ3) is 5.94. The largest absolute Gasteiger partial charge is 0.573 e. The van der Waals surface area contributed by atoms with E-state index in [9.17, 15) is 13.2 Å². The highest BCUT2D eigenvalue weighted by Gasteiger charge is 2.31. The standard InChI is InChI=1S/C28H24F3N3O2S/c1-17-14-21(20-7-9-23(10-8-20)36-28(29,30)31)6-5-19(17)4-3-12-32-26-24-15-18(2)37-27(24)34-25(33-26)22-11-13-35-16-22/h5-11,13-16H,3-4,12H2,1-2H3,(H,32,33,34). The zero-order valence-corrected chi connectivity index (χ0v) is 21.0. The molecular formula is C28H24F3N3O2S. The van der Waals surface area contributed by atoms with Crippen LogP contribution in [0.3, 0.4) is 0 Å². The third-order valence-corrected chi connectivity index (χ3v) is 6.92. The van der Waals surface area contributed by atoms with Crippen LogP contribution >= 0.6 is 11.3 Å². The summed E-state index contributed by atoms with van der Waals surface area (Å²) in [5.74, 6) is 1.22. The SMILES string of the molecule is Cc1cc2c(NCCCc3ccc(-c4ccc(OC(F)(F)F)cc4)cc3C)nc(-c3ccoc3)nc2s1. The first-order chi connectivity index (χ1) is 17.7. The molecule has 0 radical (unpaired) electrons. The second-order valence-corrected chi connectivity index (χ2v) is 9.96. The molecule has 190 valence electrons. The van der Waals surface area contributed by atoms with Gasteiger partial charge in [-0.3, -0.25) is 0 Å². The van der Waals surface area contributed by atoms with E-state index in [1.807, 2.05) is 19.1 Å². The van der Waals surface area contributed by atoms with E-state index in [1.165, 1.54) is 22.6 Å². The topological polar surface area (TPSA) is 60.2 Å². The van der Waals surface area contributed by atoms with Crippen LogP contribution in [0.4, 0.5) is 19.0 Å². The van der Waals surface area contributed by atoms with E-state index >= 15 is 0 Å². The van der Waals surface area contributed by atoms with Crippen LogP contribution in [0.1, 0.15) is 22.4 Å². The molecule has 3 aromatic heterocycles. The van der Waals surface area contributed by atoms with Gasteiger partial charge in [0.1, 0.15) is 22.7 Å². The Morgan fingerprint density at radius 1 is 0.946 bits per heavy atom. The molecule has 0 unspecified atom stereocenters. The summed E-state index contributed by atoms with van der Waals surface area (Å²) in [6.45, 7) is 4.85. The van der Waals surface area contributed by atoms with E-state index in [0.717, 1.165) is 57.7 Å². The van der Waals surface area contributed by atoms with Crippen LogP contribution in [0.2, 0.25) is 0 Å². The Labute approximate surface area is 216 Å². The molecule has 1 N–H and O–H groups in total. The first-order valence-electron chi connectivity index (χ1n) is 11.8. The van der Waals surface area contributed by atoms with Gasteiger partial charge in [-0.15, -0.1) is 24.5 Å². The number of anilines is 1. The number of aromatic nitrogens is 2. The van der Waals surface area contributed by atoms with Crippen molar-refractivity contribution in [2.24, 2.45) is 0 Å². The van der Waals surface area contributed by atoms with Crippen LogP contribution in [0.15, 0.2) is 71.5 Å². The van der Waals surface area contributed by atoms with E-state index in [2.05, 4.69) is 35.2 Å². The molecule has 0 aliphatic heterocycles.